The van der Waals surface area contributed by atoms with E-state index < -0.39 is 57.7 Å². The van der Waals surface area contributed by atoms with Gasteiger partial charge in [-0.2, -0.15) is 13.2 Å². The number of carboxylic acid groups (broad SMARTS) is 1. The molecule has 124 valence electrons. The highest BCUT2D eigenvalue weighted by molar-refractivity contribution is 7.89. The Hall–Kier alpha value is -1.69. The monoisotopic (exact) mass is 342 g/mol. The van der Waals surface area contributed by atoms with Gasteiger partial charge >= 0.3 is 12.1 Å². The number of carbonyl (C=O) groups is 1. The standard InChI is InChI=1S/C10H13F3N4O4S/c1-17-8(10(11,12)13)7(15-16-17)3-14-22(20,21)4-5-2-6(5)9(18)19/h5-6,14H,2-4H2,1H3,(H,18,19)/t5-,6-/m0/s1. The van der Waals surface area contributed by atoms with Gasteiger partial charge in [-0.1, -0.05) is 5.21 Å². The van der Waals surface area contributed by atoms with Crippen molar-refractivity contribution in [2.45, 2.75) is 19.1 Å². The maximum atomic E-state index is 12.8. The predicted molar refractivity (Wildman–Crippen MR) is 65.9 cm³/mol. The summed E-state index contributed by atoms with van der Waals surface area (Å²) in [5, 5.41) is 15.2. The van der Waals surface area contributed by atoms with Gasteiger partial charge in [-0.3, -0.25) is 4.79 Å². The van der Waals surface area contributed by atoms with Crippen LogP contribution in [0.2, 0.25) is 0 Å². The summed E-state index contributed by atoms with van der Waals surface area (Å²) in [7, 11) is -2.84. The Balaban J connectivity index is 2.00. The van der Waals surface area contributed by atoms with Crippen LogP contribution in [0.3, 0.4) is 0 Å². The van der Waals surface area contributed by atoms with E-state index in [0.29, 0.717) is 4.68 Å². The molecule has 0 radical (unpaired) electrons. The number of halogens is 3. The van der Waals surface area contributed by atoms with Crippen molar-refractivity contribution in [3.63, 3.8) is 0 Å². The third-order valence-corrected chi connectivity index (χ3v) is 4.75. The topological polar surface area (TPSA) is 114 Å². The van der Waals surface area contributed by atoms with Crippen LogP contribution in [0.25, 0.3) is 0 Å². The van der Waals surface area contributed by atoms with Gasteiger partial charge in [-0.05, 0) is 12.3 Å². The Morgan fingerprint density at radius 3 is 2.64 bits per heavy atom. The average Bonchev–Trinajstić information content (AvgIpc) is 2.98. The molecular weight excluding hydrogens is 329 g/mol. The number of rotatable bonds is 6. The zero-order valence-corrected chi connectivity index (χ0v) is 12.1. The number of nitrogens with one attached hydrogen (secondary N) is 1. The number of aryl methyl sites for hydroxylation is 1. The summed E-state index contributed by atoms with van der Waals surface area (Å²) in [4.78, 5) is 10.6. The molecule has 0 unspecified atom stereocenters. The van der Waals surface area contributed by atoms with E-state index in [-0.39, 0.29) is 6.42 Å². The molecule has 1 saturated carbocycles. The molecular formula is C10H13F3N4O4S. The molecule has 0 saturated heterocycles. The second kappa shape index (κ2) is 5.50. The molecule has 0 aliphatic heterocycles. The summed E-state index contributed by atoms with van der Waals surface area (Å²) in [6.07, 6.45) is -4.46. The Morgan fingerprint density at radius 1 is 1.50 bits per heavy atom. The van der Waals surface area contributed by atoms with Crippen LogP contribution in [-0.2, 0) is 34.6 Å². The first-order valence-electron chi connectivity index (χ1n) is 6.17. The van der Waals surface area contributed by atoms with Gasteiger partial charge in [-0.25, -0.2) is 17.8 Å². The van der Waals surface area contributed by atoms with Crippen molar-refractivity contribution in [1.82, 2.24) is 19.7 Å². The van der Waals surface area contributed by atoms with Gasteiger partial charge in [0.25, 0.3) is 0 Å². The maximum absolute atomic E-state index is 12.8. The third-order valence-electron chi connectivity index (χ3n) is 3.30. The molecule has 1 heterocycles. The van der Waals surface area contributed by atoms with Crippen LogP contribution >= 0.6 is 0 Å². The number of carboxylic acids is 1. The Labute approximate surface area is 123 Å². The van der Waals surface area contributed by atoms with Crippen LogP contribution in [0.15, 0.2) is 0 Å². The SMILES string of the molecule is Cn1nnc(CNS(=O)(=O)C[C@@H]2C[C@@H]2C(=O)O)c1C(F)(F)F. The van der Waals surface area contributed by atoms with E-state index in [1.165, 1.54) is 0 Å². The molecule has 1 aliphatic carbocycles. The van der Waals surface area contributed by atoms with Crippen molar-refractivity contribution < 1.29 is 31.5 Å². The molecule has 1 aromatic rings. The molecule has 2 N–H and O–H groups in total. The highest BCUT2D eigenvalue weighted by Gasteiger charge is 2.45. The lowest BCUT2D eigenvalue weighted by molar-refractivity contribution is -0.144. The fraction of sp³-hybridized carbons (Fsp3) is 0.700. The van der Waals surface area contributed by atoms with E-state index in [1.54, 1.807) is 0 Å². The van der Waals surface area contributed by atoms with Crippen molar-refractivity contribution in [3.8, 4) is 0 Å². The molecule has 0 amide bonds. The van der Waals surface area contributed by atoms with E-state index in [2.05, 4.69) is 10.3 Å². The van der Waals surface area contributed by atoms with Gasteiger partial charge in [0.05, 0.1) is 18.2 Å². The van der Waals surface area contributed by atoms with E-state index in [0.717, 1.165) is 7.05 Å². The average molecular weight is 342 g/mol. The molecule has 8 nitrogen and oxygen atoms in total. The molecule has 1 aliphatic rings. The van der Waals surface area contributed by atoms with E-state index in [4.69, 9.17) is 5.11 Å². The van der Waals surface area contributed by atoms with Crippen molar-refractivity contribution >= 4 is 16.0 Å². The first-order valence-corrected chi connectivity index (χ1v) is 7.82. The lowest BCUT2D eigenvalue weighted by Crippen LogP contribution is -2.28. The van der Waals surface area contributed by atoms with Crippen molar-refractivity contribution in [3.05, 3.63) is 11.4 Å². The molecule has 2 rings (SSSR count). The second-order valence-corrected chi connectivity index (χ2v) is 6.90. The Morgan fingerprint density at radius 2 is 2.14 bits per heavy atom. The molecule has 2 atom stereocenters. The van der Waals surface area contributed by atoms with Crippen molar-refractivity contribution in [1.29, 1.82) is 0 Å². The molecule has 0 bridgehead atoms. The lowest BCUT2D eigenvalue weighted by atomic mass is 10.3. The zero-order chi connectivity index (χ0) is 16.7. The quantitative estimate of drug-likeness (QED) is 0.751. The molecule has 1 aromatic heterocycles. The first kappa shape index (κ1) is 16.7. The summed E-state index contributed by atoms with van der Waals surface area (Å²) in [6, 6.07) is 0. The minimum absolute atomic E-state index is 0.245. The van der Waals surface area contributed by atoms with Gasteiger partial charge in [-0.15, -0.1) is 5.10 Å². The van der Waals surface area contributed by atoms with Gasteiger partial charge in [0.2, 0.25) is 10.0 Å². The van der Waals surface area contributed by atoms with Crippen LogP contribution in [0.1, 0.15) is 17.8 Å². The number of nitrogens with zero attached hydrogens (tertiary/aromatic N) is 3. The fourth-order valence-corrected chi connectivity index (χ4v) is 3.53. The highest BCUT2D eigenvalue weighted by atomic mass is 32.2. The van der Waals surface area contributed by atoms with Crippen molar-refractivity contribution in [2.75, 3.05) is 5.75 Å². The minimum atomic E-state index is -4.70. The Kier molecular flexibility index (Phi) is 4.17. The van der Waals surface area contributed by atoms with Gasteiger partial charge in [0.1, 0.15) is 5.69 Å². The van der Waals surface area contributed by atoms with Gasteiger partial charge < -0.3 is 5.11 Å². The largest absolute Gasteiger partial charge is 0.481 e. The van der Waals surface area contributed by atoms with E-state index in [9.17, 15) is 26.4 Å². The summed E-state index contributed by atoms with van der Waals surface area (Å²) < 4.78 is 64.4. The molecule has 12 heteroatoms. The molecule has 1 fully saturated rings. The highest BCUT2D eigenvalue weighted by Crippen LogP contribution is 2.39. The maximum Gasteiger partial charge on any atom is 0.434 e. The number of hydrogen-bond acceptors (Lipinski definition) is 5. The number of sulfonamides is 1. The summed E-state index contributed by atoms with van der Waals surface area (Å²) in [5.41, 5.74) is -1.67. The molecule has 0 aromatic carbocycles. The second-order valence-electron chi connectivity index (χ2n) is 5.05. The fourth-order valence-electron chi connectivity index (χ4n) is 2.12. The van der Waals surface area contributed by atoms with Crippen LogP contribution in [0.4, 0.5) is 13.2 Å². The van der Waals surface area contributed by atoms with Gasteiger partial charge in [0, 0.05) is 7.05 Å². The molecule has 0 spiro atoms. The lowest BCUT2D eigenvalue weighted by Gasteiger charge is -2.09. The smallest absolute Gasteiger partial charge is 0.434 e. The van der Waals surface area contributed by atoms with Gasteiger partial charge in [0.15, 0.2) is 5.69 Å². The minimum Gasteiger partial charge on any atom is -0.481 e. The number of aliphatic carboxylic acids is 1. The number of hydrogen-bond donors (Lipinski definition) is 2. The van der Waals surface area contributed by atoms with Crippen LogP contribution in [0.5, 0.6) is 0 Å². The number of aromatic nitrogens is 3. The molecule has 22 heavy (non-hydrogen) atoms. The summed E-state index contributed by atoms with van der Waals surface area (Å²) in [6.45, 7) is -0.657. The van der Waals surface area contributed by atoms with Crippen LogP contribution in [0, 0.1) is 11.8 Å². The summed E-state index contributed by atoms with van der Waals surface area (Å²) in [5.74, 6) is -2.74. The number of alkyl halides is 3. The third kappa shape index (κ3) is 3.74. The Bertz CT molecular complexity index is 685. The van der Waals surface area contributed by atoms with Crippen molar-refractivity contribution in [2.24, 2.45) is 18.9 Å². The first-order chi connectivity index (χ1) is 10.0. The van der Waals surface area contributed by atoms with Crippen LogP contribution < -0.4 is 4.72 Å². The normalized spacial score (nSPS) is 21.8. The van der Waals surface area contributed by atoms with Crippen LogP contribution in [-0.4, -0.2) is 40.2 Å². The van der Waals surface area contributed by atoms with E-state index >= 15 is 0 Å². The zero-order valence-electron chi connectivity index (χ0n) is 11.3. The predicted octanol–water partition coefficient (Wildman–Crippen LogP) is -0.0260. The summed E-state index contributed by atoms with van der Waals surface area (Å²) >= 11 is 0. The van der Waals surface area contributed by atoms with E-state index in [1.807, 2.05) is 4.72 Å².